The van der Waals surface area contributed by atoms with E-state index in [2.05, 4.69) is 47.9 Å². The number of fused-ring (bicyclic) bond motifs is 2. The average Bonchev–Trinajstić information content (AvgIpc) is 3.58. The van der Waals surface area contributed by atoms with E-state index >= 15 is 0 Å². The number of alkyl halides is 3. The van der Waals surface area contributed by atoms with Crippen LogP contribution in [-0.4, -0.2) is 83.2 Å². The van der Waals surface area contributed by atoms with E-state index in [4.69, 9.17) is 15.5 Å². The van der Waals surface area contributed by atoms with Crippen molar-refractivity contribution in [3.63, 3.8) is 0 Å². The van der Waals surface area contributed by atoms with Gasteiger partial charge in [0, 0.05) is 25.2 Å². The van der Waals surface area contributed by atoms with Crippen LogP contribution in [0.4, 0.5) is 19.0 Å². The first-order valence-electron chi connectivity index (χ1n) is 14.7. The molecule has 6 rings (SSSR count). The highest BCUT2D eigenvalue weighted by Gasteiger charge is 2.47. The quantitative estimate of drug-likeness (QED) is 0.237. The van der Waals surface area contributed by atoms with Crippen molar-refractivity contribution in [1.82, 2.24) is 29.4 Å². The molecule has 0 bridgehead atoms. The molecule has 0 amide bonds. The van der Waals surface area contributed by atoms with E-state index in [-0.39, 0.29) is 29.7 Å². The summed E-state index contributed by atoms with van der Waals surface area (Å²) in [7, 11) is 0. The molecule has 4 aromatic rings. The van der Waals surface area contributed by atoms with Crippen LogP contribution in [0.3, 0.4) is 0 Å². The van der Waals surface area contributed by atoms with E-state index in [0.29, 0.717) is 30.3 Å². The van der Waals surface area contributed by atoms with E-state index in [1.807, 2.05) is 6.07 Å². The maximum atomic E-state index is 13.6. The predicted octanol–water partition coefficient (Wildman–Crippen LogP) is 4.08. The predicted molar refractivity (Wildman–Crippen MR) is 155 cm³/mol. The van der Waals surface area contributed by atoms with Crippen LogP contribution in [0.15, 0.2) is 36.8 Å². The van der Waals surface area contributed by atoms with Crippen LogP contribution in [-0.2, 0) is 16.6 Å². The minimum Gasteiger partial charge on any atom is -0.387 e. The Hall–Kier alpha value is -3.26. The number of aliphatic hydroxyl groups is 2. The molecule has 232 valence electrons. The first-order chi connectivity index (χ1) is 20.3. The number of aryl methyl sites for hydroxylation is 1. The van der Waals surface area contributed by atoms with Gasteiger partial charge in [-0.3, -0.25) is 4.90 Å². The molecular weight excluding hydrogens is 563 g/mol. The van der Waals surface area contributed by atoms with Gasteiger partial charge in [0.15, 0.2) is 6.23 Å². The number of nitrogen functional groups attached to an aromatic ring is 1. The molecule has 3 aromatic heterocycles. The second kappa shape index (κ2) is 11.0. The van der Waals surface area contributed by atoms with Gasteiger partial charge in [0.05, 0.1) is 23.0 Å². The van der Waals surface area contributed by atoms with Gasteiger partial charge in [-0.15, -0.1) is 0 Å². The summed E-state index contributed by atoms with van der Waals surface area (Å²) in [6.07, 6.45) is -3.57. The zero-order valence-electron chi connectivity index (χ0n) is 24.4. The summed E-state index contributed by atoms with van der Waals surface area (Å²) in [5.41, 5.74) is 9.45. The Bertz CT molecular complexity index is 1590. The lowest BCUT2D eigenvalue weighted by Crippen LogP contribution is -2.52. The number of benzene rings is 1. The fourth-order valence-corrected chi connectivity index (χ4v) is 6.33. The zero-order chi connectivity index (χ0) is 30.7. The average molecular weight is 602 g/mol. The van der Waals surface area contributed by atoms with Crippen molar-refractivity contribution in [2.45, 2.75) is 88.6 Å². The number of ether oxygens (including phenoxy) is 1. The summed E-state index contributed by atoms with van der Waals surface area (Å²) >= 11 is 0. The molecule has 0 radical (unpaired) electrons. The Labute approximate surface area is 247 Å². The fourth-order valence-electron chi connectivity index (χ4n) is 6.33. The van der Waals surface area contributed by atoms with Gasteiger partial charge in [0.2, 0.25) is 0 Å². The Balaban J connectivity index is 1.08. The van der Waals surface area contributed by atoms with Crippen molar-refractivity contribution in [2.24, 2.45) is 5.92 Å². The van der Waals surface area contributed by atoms with Crippen LogP contribution in [0.5, 0.6) is 0 Å². The Kier molecular flexibility index (Phi) is 7.64. The molecule has 1 unspecified atom stereocenters. The monoisotopic (exact) mass is 601 g/mol. The van der Waals surface area contributed by atoms with E-state index in [9.17, 15) is 23.4 Å². The van der Waals surface area contributed by atoms with Crippen molar-refractivity contribution in [3.8, 4) is 0 Å². The number of anilines is 1. The number of nitrogens with one attached hydrogen (secondary N) is 1. The van der Waals surface area contributed by atoms with Crippen LogP contribution in [0.1, 0.15) is 57.6 Å². The molecule has 10 nitrogen and oxygen atoms in total. The molecule has 43 heavy (non-hydrogen) atoms. The molecular formula is C30H38F3N7O3. The normalized spacial score (nSPS) is 26.5. The van der Waals surface area contributed by atoms with Gasteiger partial charge in [-0.25, -0.2) is 15.0 Å². The van der Waals surface area contributed by atoms with Crippen LogP contribution in [0, 0.1) is 5.92 Å². The van der Waals surface area contributed by atoms with Crippen molar-refractivity contribution in [1.29, 1.82) is 0 Å². The number of rotatable bonds is 8. The molecule has 1 aromatic carbocycles. The third-order valence-corrected chi connectivity index (χ3v) is 8.86. The summed E-state index contributed by atoms with van der Waals surface area (Å²) in [5.74, 6) is 1.39. The molecule has 1 aliphatic carbocycles. The zero-order valence-corrected chi connectivity index (χ0v) is 24.4. The van der Waals surface area contributed by atoms with Gasteiger partial charge in [0.1, 0.15) is 41.9 Å². The number of H-pyrrole nitrogens is 1. The molecule has 1 aliphatic heterocycles. The van der Waals surface area contributed by atoms with Crippen molar-refractivity contribution >= 4 is 27.9 Å². The topological polar surface area (TPSA) is 138 Å². The summed E-state index contributed by atoms with van der Waals surface area (Å²) in [4.78, 5) is 17.6. The van der Waals surface area contributed by atoms with Crippen LogP contribution in [0.2, 0.25) is 0 Å². The lowest BCUT2D eigenvalue weighted by molar-refractivity contribution is -0.163. The summed E-state index contributed by atoms with van der Waals surface area (Å²) in [6, 6.07) is 7.61. The maximum Gasteiger partial charge on any atom is 0.401 e. The van der Waals surface area contributed by atoms with Gasteiger partial charge >= 0.3 is 6.18 Å². The number of nitrogens with zero attached hydrogens (tertiary/aromatic N) is 5. The third kappa shape index (κ3) is 6.08. The second-order valence-electron chi connectivity index (χ2n) is 13.0. The largest absolute Gasteiger partial charge is 0.401 e. The lowest BCUT2D eigenvalue weighted by Gasteiger charge is -2.44. The number of imidazole rings is 1. The van der Waals surface area contributed by atoms with Crippen LogP contribution in [0.25, 0.3) is 22.1 Å². The number of aliphatic hydroxyl groups excluding tert-OH is 2. The standard InChI is InChI=1S/C30H38F3N7O3/c1-29(2,3)17-5-6-20-21(12-17)38-23(37-20)7-4-16-10-18(11-16)39(14-30(31,32)33)13-22-24(41)25(42)28(43-22)40-9-8-19-26(34)35-15-36-27(19)40/h5-6,8-9,12,15-16,18,22,24-25,28,41-42H,4,7,10-11,13-14H2,1-3H3,(H,37,38)(H2,34,35,36)/t16?,18?,22?,24-,25-,28-/m1/s1. The van der Waals surface area contributed by atoms with Gasteiger partial charge in [-0.05, 0) is 54.4 Å². The number of halogens is 3. The minimum atomic E-state index is -4.42. The Morgan fingerprint density at radius 2 is 1.88 bits per heavy atom. The molecule has 2 fully saturated rings. The van der Waals surface area contributed by atoms with Crippen molar-refractivity contribution in [3.05, 3.63) is 48.2 Å². The van der Waals surface area contributed by atoms with E-state index in [1.54, 1.807) is 12.3 Å². The molecule has 5 N–H and O–H groups in total. The first kappa shape index (κ1) is 29.8. The number of hydrogen-bond acceptors (Lipinski definition) is 8. The maximum absolute atomic E-state index is 13.6. The molecule has 0 spiro atoms. The Morgan fingerprint density at radius 3 is 2.60 bits per heavy atom. The number of aromatic amines is 1. The molecule has 4 heterocycles. The second-order valence-corrected chi connectivity index (χ2v) is 13.0. The van der Waals surface area contributed by atoms with E-state index < -0.39 is 37.3 Å². The number of aromatic nitrogens is 5. The van der Waals surface area contributed by atoms with Gasteiger partial charge in [-0.1, -0.05) is 26.8 Å². The van der Waals surface area contributed by atoms with Gasteiger partial charge in [0.25, 0.3) is 0 Å². The fraction of sp³-hybridized carbons (Fsp3) is 0.567. The number of nitrogens with two attached hydrogens (primary N) is 1. The van der Waals surface area contributed by atoms with Crippen molar-refractivity contribution in [2.75, 3.05) is 18.8 Å². The van der Waals surface area contributed by atoms with Gasteiger partial charge < -0.3 is 30.2 Å². The molecule has 13 heteroatoms. The lowest BCUT2D eigenvalue weighted by atomic mass is 9.76. The van der Waals surface area contributed by atoms with E-state index in [0.717, 1.165) is 23.3 Å². The summed E-state index contributed by atoms with van der Waals surface area (Å²) in [6.45, 7) is 5.21. The highest BCUT2D eigenvalue weighted by molar-refractivity contribution is 5.86. The van der Waals surface area contributed by atoms with Crippen LogP contribution < -0.4 is 5.73 Å². The van der Waals surface area contributed by atoms with Gasteiger partial charge in [-0.2, -0.15) is 13.2 Å². The summed E-state index contributed by atoms with van der Waals surface area (Å²) < 4.78 is 48.4. The van der Waals surface area contributed by atoms with E-state index in [1.165, 1.54) is 21.4 Å². The smallest absolute Gasteiger partial charge is 0.387 e. The van der Waals surface area contributed by atoms with Crippen molar-refractivity contribution < 1.29 is 28.1 Å². The number of hydrogen-bond donors (Lipinski definition) is 4. The molecule has 2 aliphatic rings. The third-order valence-electron chi connectivity index (χ3n) is 8.86. The first-order valence-corrected chi connectivity index (χ1v) is 14.7. The van der Waals surface area contributed by atoms with Crippen LogP contribution >= 0.6 is 0 Å². The molecule has 1 saturated heterocycles. The molecule has 1 saturated carbocycles. The SMILES string of the molecule is CC(C)(C)c1ccc2nc(CCC3CC(N(CC4O[C@@H](n5ccc6c(N)ncnc65)[C@H](O)[C@@H]4O)CC(F)(F)F)C3)[nH]c2c1. The highest BCUT2D eigenvalue weighted by Crippen LogP contribution is 2.39. The highest BCUT2D eigenvalue weighted by atomic mass is 19.4. The molecule has 4 atom stereocenters. The minimum absolute atomic E-state index is 0.0292. The summed E-state index contributed by atoms with van der Waals surface area (Å²) in [5, 5.41) is 22.1. The Morgan fingerprint density at radius 1 is 1.12 bits per heavy atom.